The number of hydrogen-bond donors (Lipinski definition) is 1. The highest BCUT2D eigenvalue weighted by Gasteiger charge is 2.22. The average molecular weight is 215 g/mol. The molecule has 1 atom stereocenters. The third-order valence-electron chi connectivity index (χ3n) is 3.13. The van der Waals surface area contributed by atoms with Crippen LogP contribution in [0, 0.1) is 5.92 Å². The molecule has 3 heteroatoms. The smallest absolute Gasteiger partial charge is 0.0480 e. The van der Waals surface area contributed by atoms with Crippen LogP contribution in [-0.4, -0.2) is 39.5 Å². The highest BCUT2D eigenvalue weighted by Crippen LogP contribution is 2.20. The van der Waals surface area contributed by atoms with Crippen LogP contribution in [0.4, 0.5) is 0 Å². The maximum Gasteiger partial charge on any atom is 0.0480 e. The molecule has 1 saturated heterocycles. The van der Waals surface area contributed by atoms with Gasteiger partial charge in [0.05, 0.1) is 0 Å². The molecule has 3 nitrogen and oxygen atoms in total. The fourth-order valence-electron chi connectivity index (χ4n) is 2.19. The van der Waals surface area contributed by atoms with Crippen molar-refractivity contribution in [2.45, 2.75) is 38.6 Å². The second-order valence-electron chi connectivity index (χ2n) is 4.25. The highest BCUT2D eigenvalue weighted by atomic mass is 16.5. The first kappa shape index (κ1) is 12.9. The van der Waals surface area contributed by atoms with Crippen molar-refractivity contribution in [2.24, 2.45) is 5.92 Å². The second kappa shape index (κ2) is 8.08. The molecule has 0 spiro atoms. The Balaban J connectivity index is 2.15. The summed E-state index contributed by atoms with van der Waals surface area (Å²) >= 11 is 0. The molecule has 0 aromatic carbocycles. The van der Waals surface area contributed by atoms with Crippen LogP contribution in [0.15, 0.2) is 0 Å². The summed E-state index contributed by atoms with van der Waals surface area (Å²) in [4.78, 5) is 0. The molecule has 0 aliphatic carbocycles. The number of hydrogen-bond acceptors (Lipinski definition) is 3. The minimum Gasteiger partial charge on any atom is -0.381 e. The van der Waals surface area contributed by atoms with E-state index in [0.29, 0.717) is 6.04 Å². The van der Waals surface area contributed by atoms with Crippen molar-refractivity contribution >= 4 is 0 Å². The average Bonchev–Trinajstić information content (AvgIpc) is 2.30. The minimum absolute atomic E-state index is 0.603. The summed E-state index contributed by atoms with van der Waals surface area (Å²) in [5.74, 6) is 0.772. The van der Waals surface area contributed by atoms with Crippen LogP contribution in [0.25, 0.3) is 0 Å². The molecular formula is C12H25NO2. The Morgan fingerprint density at radius 1 is 1.33 bits per heavy atom. The van der Waals surface area contributed by atoms with Gasteiger partial charge in [-0.05, 0) is 38.6 Å². The van der Waals surface area contributed by atoms with Gasteiger partial charge in [-0.25, -0.2) is 0 Å². The third kappa shape index (κ3) is 4.96. The Hall–Kier alpha value is -0.120. The molecule has 0 aromatic heterocycles. The molecule has 1 fully saturated rings. The number of nitrogens with one attached hydrogen (secondary N) is 1. The van der Waals surface area contributed by atoms with E-state index in [1.165, 1.54) is 12.8 Å². The van der Waals surface area contributed by atoms with Gasteiger partial charge in [-0.15, -0.1) is 0 Å². The quantitative estimate of drug-likeness (QED) is 0.657. The van der Waals surface area contributed by atoms with Gasteiger partial charge in [-0.3, -0.25) is 0 Å². The van der Waals surface area contributed by atoms with Gasteiger partial charge in [-0.2, -0.15) is 0 Å². The van der Waals surface area contributed by atoms with Gasteiger partial charge >= 0.3 is 0 Å². The van der Waals surface area contributed by atoms with E-state index in [0.717, 1.165) is 45.2 Å². The Morgan fingerprint density at radius 2 is 2.07 bits per heavy atom. The summed E-state index contributed by atoms with van der Waals surface area (Å²) in [7, 11) is 2.06. The van der Waals surface area contributed by atoms with E-state index in [2.05, 4.69) is 19.3 Å². The summed E-state index contributed by atoms with van der Waals surface area (Å²) in [6.07, 6.45) is 4.63. The lowest BCUT2D eigenvalue weighted by Gasteiger charge is -2.30. The fourth-order valence-corrected chi connectivity index (χ4v) is 2.19. The van der Waals surface area contributed by atoms with E-state index in [4.69, 9.17) is 9.47 Å². The van der Waals surface area contributed by atoms with Gasteiger partial charge in [0, 0.05) is 32.5 Å². The minimum atomic E-state index is 0.603. The van der Waals surface area contributed by atoms with Crippen molar-refractivity contribution in [2.75, 3.05) is 33.5 Å². The second-order valence-corrected chi connectivity index (χ2v) is 4.25. The molecular weight excluding hydrogens is 190 g/mol. The van der Waals surface area contributed by atoms with Crippen molar-refractivity contribution < 1.29 is 9.47 Å². The lowest BCUT2D eigenvalue weighted by atomic mass is 9.90. The molecule has 0 saturated carbocycles. The van der Waals surface area contributed by atoms with Gasteiger partial charge in [0.2, 0.25) is 0 Å². The van der Waals surface area contributed by atoms with Crippen molar-refractivity contribution in [3.8, 4) is 0 Å². The van der Waals surface area contributed by atoms with Crippen molar-refractivity contribution in [3.05, 3.63) is 0 Å². The first-order chi connectivity index (χ1) is 7.38. The van der Waals surface area contributed by atoms with Crippen LogP contribution >= 0.6 is 0 Å². The Bertz CT molecular complexity index is 147. The lowest BCUT2D eigenvalue weighted by molar-refractivity contribution is 0.0462. The van der Waals surface area contributed by atoms with Gasteiger partial charge in [-0.1, -0.05) is 6.92 Å². The van der Waals surface area contributed by atoms with Crippen molar-refractivity contribution in [1.82, 2.24) is 5.32 Å². The maximum atomic E-state index is 5.53. The van der Waals surface area contributed by atoms with Crippen molar-refractivity contribution in [3.63, 3.8) is 0 Å². The number of rotatable bonds is 7. The van der Waals surface area contributed by atoms with Crippen LogP contribution in [0.1, 0.15) is 32.6 Å². The molecule has 0 aromatic rings. The van der Waals surface area contributed by atoms with E-state index in [1.807, 2.05) is 0 Å². The van der Waals surface area contributed by atoms with Gasteiger partial charge in [0.25, 0.3) is 0 Å². The predicted octanol–water partition coefficient (Wildman–Crippen LogP) is 1.82. The van der Waals surface area contributed by atoms with Gasteiger partial charge in [0.15, 0.2) is 0 Å². The molecule has 1 aliphatic heterocycles. The van der Waals surface area contributed by atoms with Crippen molar-refractivity contribution in [1.29, 1.82) is 0 Å². The lowest BCUT2D eigenvalue weighted by Crippen LogP contribution is -2.37. The van der Waals surface area contributed by atoms with E-state index >= 15 is 0 Å². The summed E-state index contributed by atoms with van der Waals surface area (Å²) < 4.78 is 10.9. The summed E-state index contributed by atoms with van der Waals surface area (Å²) in [6, 6.07) is 0.603. The normalized spacial score (nSPS) is 20.4. The summed E-state index contributed by atoms with van der Waals surface area (Å²) in [5, 5.41) is 3.41. The molecule has 0 radical (unpaired) electrons. The molecule has 1 aliphatic rings. The molecule has 0 amide bonds. The van der Waals surface area contributed by atoms with E-state index < -0.39 is 0 Å². The van der Waals surface area contributed by atoms with Crippen LogP contribution in [0.3, 0.4) is 0 Å². The molecule has 1 unspecified atom stereocenters. The number of ether oxygens (including phenoxy) is 2. The first-order valence-corrected chi connectivity index (χ1v) is 6.21. The van der Waals surface area contributed by atoms with Crippen LogP contribution in [-0.2, 0) is 9.47 Å². The first-order valence-electron chi connectivity index (χ1n) is 6.21. The largest absolute Gasteiger partial charge is 0.381 e. The third-order valence-corrected chi connectivity index (χ3v) is 3.13. The standard InChI is InChI=1S/C12H25NO2/c1-3-7-14-10-6-12(13-2)11-4-8-15-9-5-11/h11-13H,3-10H2,1-2H3. The Morgan fingerprint density at radius 3 is 2.67 bits per heavy atom. The molecule has 90 valence electrons. The van der Waals surface area contributed by atoms with E-state index in [9.17, 15) is 0 Å². The molecule has 0 bridgehead atoms. The monoisotopic (exact) mass is 215 g/mol. The van der Waals surface area contributed by atoms with Crippen LogP contribution in [0.5, 0.6) is 0 Å². The van der Waals surface area contributed by atoms with Crippen LogP contribution < -0.4 is 5.32 Å². The zero-order valence-corrected chi connectivity index (χ0v) is 10.1. The van der Waals surface area contributed by atoms with Crippen LogP contribution in [0.2, 0.25) is 0 Å². The predicted molar refractivity (Wildman–Crippen MR) is 62.1 cm³/mol. The molecule has 1 rings (SSSR count). The maximum absolute atomic E-state index is 5.53. The van der Waals surface area contributed by atoms with E-state index in [-0.39, 0.29) is 0 Å². The zero-order valence-electron chi connectivity index (χ0n) is 10.1. The van der Waals surface area contributed by atoms with E-state index in [1.54, 1.807) is 0 Å². The highest BCUT2D eigenvalue weighted by molar-refractivity contribution is 4.77. The zero-order chi connectivity index (χ0) is 10.9. The summed E-state index contributed by atoms with van der Waals surface area (Å²) in [6.45, 7) is 5.78. The topological polar surface area (TPSA) is 30.5 Å². The fraction of sp³-hybridized carbons (Fsp3) is 1.00. The molecule has 1 N–H and O–H groups in total. The Labute approximate surface area is 93.5 Å². The molecule has 1 heterocycles. The Kier molecular flexibility index (Phi) is 6.98. The summed E-state index contributed by atoms with van der Waals surface area (Å²) in [5.41, 5.74) is 0. The van der Waals surface area contributed by atoms with Gasteiger partial charge in [0.1, 0.15) is 0 Å². The van der Waals surface area contributed by atoms with Gasteiger partial charge < -0.3 is 14.8 Å². The molecule has 15 heavy (non-hydrogen) atoms. The SMILES string of the molecule is CCCOCCC(NC)C1CCOCC1.